The molecular formula is C26H40Cl2N4O2. The molecule has 4 rings (SSSR count). The van der Waals surface area contributed by atoms with Crippen molar-refractivity contribution < 1.29 is 9.47 Å². The zero-order valence-corrected chi connectivity index (χ0v) is 22.1. The normalized spacial score (nSPS) is 17.5. The first-order chi connectivity index (χ1) is 15.7. The number of rotatable bonds is 9. The molecule has 190 valence electrons. The highest BCUT2D eigenvalue weighted by molar-refractivity contribution is 5.85. The Morgan fingerprint density at radius 1 is 1.00 bits per heavy atom. The topological polar surface area (TPSA) is 59.5 Å². The summed E-state index contributed by atoms with van der Waals surface area (Å²) in [5.41, 5.74) is 3.32. The molecule has 2 aliphatic rings. The van der Waals surface area contributed by atoms with Crippen LogP contribution in [0.5, 0.6) is 11.6 Å². The van der Waals surface area contributed by atoms with Crippen molar-refractivity contribution in [1.82, 2.24) is 20.4 Å². The van der Waals surface area contributed by atoms with Gasteiger partial charge in [0.2, 0.25) is 5.88 Å². The first-order valence-corrected chi connectivity index (χ1v) is 12.4. The number of aromatic nitrogens is 2. The number of nitrogens with one attached hydrogen (secondary N) is 1. The molecule has 0 spiro atoms. The third kappa shape index (κ3) is 8.26. The maximum Gasteiger partial charge on any atom is 0.234 e. The van der Waals surface area contributed by atoms with Gasteiger partial charge in [-0.15, -0.1) is 29.9 Å². The maximum atomic E-state index is 6.22. The van der Waals surface area contributed by atoms with E-state index in [0.717, 1.165) is 87.5 Å². The van der Waals surface area contributed by atoms with E-state index in [9.17, 15) is 0 Å². The van der Waals surface area contributed by atoms with Gasteiger partial charge in [-0.25, -0.2) is 0 Å². The number of benzene rings is 1. The molecule has 2 fully saturated rings. The van der Waals surface area contributed by atoms with Crippen LogP contribution in [0.1, 0.15) is 51.1 Å². The Morgan fingerprint density at radius 2 is 1.71 bits per heavy atom. The third-order valence-electron chi connectivity index (χ3n) is 6.68. The molecule has 0 bridgehead atoms. The fourth-order valence-corrected chi connectivity index (χ4v) is 4.50. The Balaban J connectivity index is 0.00000204. The first kappa shape index (κ1) is 28.6. The Labute approximate surface area is 217 Å². The summed E-state index contributed by atoms with van der Waals surface area (Å²) in [4.78, 5) is 2.35. The van der Waals surface area contributed by atoms with Gasteiger partial charge in [-0.1, -0.05) is 25.5 Å². The van der Waals surface area contributed by atoms with Gasteiger partial charge < -0.3 is 19.7 Å². The highest BCUT2D eigenvalue weighted by Crippen LogP contribution is 2.29. The van der Waals surface area contributed by atoms with Crippen molar-refractivity contribution in [3.8, 4) is 22.8 Å². The lowest BCUT2D eigenvalue weighted by molar-refractivity contribution is 0.109. The van der Waals surface area contributed by atoms with E-state index in [4.69, 9.17) is 9.47 Å². The minimum absolute atomic E-state index is 0. The predicted molar refractivity (Wildman–Crippen MR) is 143 cm³/mol. The van der Waals surface area contributed by atoms with Gasteiger partial charge in [0.25, 0.3) is 0 Å². The standard InChI is InChI=1S/C26H38N4O2.2ClH/c1-3-4-5-25-24(18-26(29-28-25)32-23-12-16-30(2)17-13-23)21-6-8-22(9-7-21)31-19-20-10-14-27-15-11-20;;/h6-9,18,20,23,27H,3-5,10-17,19H2,1-2H3;2*1H. The van der Waals surface area contributed by atoms with Gasteiger partial charge in [-0.2, -0.15) is 5.10 Å². The Morgan fingerprint density at radius 3 is 2.38 bits per heavy atom. The van der Waals surface area contributed by atoms with E-state index >= 15 is 0 Å². The van der Waals surface area contributed by atoms with E-state index in [0.29, 0.717) is 11.8 Å². The summed E-state index contributed by atoms with van der Waals surface area (Å²) in [6, 6.07) is 10.5. The monoisotopic (exact) mass is 510 g/mol. The number of aryl methyl sites for hydroxylation is 1. The average Bonchev–Trinajstić information content (AvgIpc) is 2.84. The molecule has 3 heterocycles. The van der Waals surface area contributed by atoms with E-state index in [-0.39, 0.29) is 30.9 Å². The molecular weight excluding hydrogens is 471 g/mol. The maximum absolute atomic E-state index is 6.22. The number of ether oxygens (including phenoxy) is 2. The lowest BCUT2D eigenvalue weighted by atomic mass is 9.99. The van der Waals surface area contributed by atoms with Crippen molar-refractivity contribution in [2.75, 3.05) is 39.8 Å². The van der Waals surface area contributed by atoms with Crippen LogP contribution in [-0.2, 0) is 6.42 Å². The molecule has 0 aliphatic carbocycles. The van der Waals surface area contributed by atoms with E-state index in [1.807, 2.05) is 0 Å². The molecule has 2 aliphatic heterocycles. The quantitative estimate of drug-likeness (QED) is 0.501. The second-order valence-corrected chi connectivity index (χ2v) is 9.30. The van der Waals surface area contributed by atoms with E-state index in [1.54, 1.807) is 0 Å². The highest BCUT2D eigenvalue weighted by Gasteiger charge is 2.20. The van der Waals surface area contributed by atoms with Crippen molar-refractivity contribution in [2.24, 2.45) is 5.92 Å². The summed E-state index contributed by atoms with van der Waals surface area (Å²) < 4.78 is 12.3. The molecule has 6 nitrogen and oxygen atoms in total. The number of hydrogen-bond donors (Lipinski definition) is 1. The Kier molecular flexibility index (Phi) is 12.4. The van der Waals surface area contributed by atoms with Crippen molar-refractivity contribution >= 4 is 24.8 Å². The zero-order valence-electron chi connectivity index (χ0n) is 20.5. The second-order valence-electron chi connectivity index (χ2n) is 9.30. The van der Waals surface area contributed by atoms with Gasteiger partial charge >= 0.3 is 0 Å². The van der Waals surface area contributed by atoms with Crippen LogP contribution in [0, 0.1) is 5.92 Å². The van der Waals surface area contributed by atoms with Crippen LogP contribution in [0.25, 0.3) is 11.1 Å². The van der Waals surface area contributed by atoms with Crippen LogP contribution in [0.15, 0.2) is 30.3 Å². The molecule has 0 atom stereocenters. The van der Waals surface area contributed by atoms with Crippen LogP contribution >= 0.6 is 24.8 Å². The predicted octanol–water partition coefficient (Wildman–Crippen LogP) is 5.18. The fraction of sp³-hybridized carbons (Fsp3) is 0.615. The van der Waals surface area contributed by atoms with Crippen molar-refractivity contribution in [3.05, 3.63) is 36.0 Å². The molecule has 2 saturated heterocycles. The first-order valence-electron chi connectivity index (χ1n) is 12.4. The molecule has 0 saturated carbocycles. The smallest absolute Gasteiger partial charge is 0.234 e. The lowest BCUT2D eigenvalue weighted by Gasteiger charge is -2.28. The van der Waals surface area contributed by atoms with Crippen molar-refractivity contribution in [1.29, 1.82) is 0 Å². The summed E-state index contributed by atoms with van der Waals surface area (Å²) in [6.45, 7) is 7.35. The minimum Gasteiger partial charge on any atom is -0.493 e. The number of unbranched alkanes of at least 4 members (excludes halogenated alkanes) is 1. The summed E-state index contributed by atoms with van der Waals surface area (Å²) in [5, 5.41) is 12.4. The molecule has 0 unspecified atom stereocenters. The summed E-state index contributed by atoms with van der Waals surface area (Å²) in [7, 11) is 2.16. The van der Waals surface area contributed by atoms with Crippen LogP contribution in [0.3, 0.4) is 0 Å². The minimum atomic E-state index is 0. The molecule has 34 heavy (non-hydrogen) atoms. The molecule has 0 amide bonds. The van der Waals surface area contributed by atoms with Crippen molar-refractivity contribution in [3.63, 3.8) is 0 Å². The number of piperidine rings is 2. The molecule has 1 aromatic carbocycles. The molecule has 1 aromatic heterocycles. The Bertz CT molecular complexity index is 839. The second kappa shape index (κ2) is 14.7. The van der Waals surface area contributed by atoms with E-state index < -0.39 is 0 Å². The Hall–Kier alpha value is -1.60. The lowest BCUT2D eigenvalue weighted by Crippen LogP contribution is -2.35. The van der Waals surface area contributed by atoms with Gasteiger partial charge in [0.1, 0.15) is 11.9 Å². The van der Waals surface area contributed by atoms with E-state index in [1.165, 1.54) is 12.8 Å². The summed E-state index contributed by atoms with van der Waals surface area (Å²) >= 11 is 0. The van der Waals surface area contributed by atoms with Gasteiger partial charge in [-0.05, 0) is 82.3 Å². The SMILES string of the molecule is CCCCc1nnc(OC2CCN(C)CC2)cc1-c1ccc(OCC2CCNCC2)cc1.Cl.Cl. The van der Waals surface area contributed by atoms with Crippen LogP contribution < -0.4 is 14.8 Å². The molecule has 8 heteroatoms. The molecule has 0 radical (unpaired) electrons. The van der Waals surface area contributed by atoms with Gasteiger partial charge in [0.05, 0.1) is 12.3 Å². The number of halogens is 2. The number of hydrogen-bond acceptors (Lipinski definition) is 6. The van der Waals surface area contributed by atoms with Gasteiger partial charge in [-0.3, -0.25) is 0 Å². The van der Waals surface area contributed by atoms with Crippen LogP contribution in [-0.4, -0.2) is 61.0 Å². The fourth-order valence-electron chi connectivity index (χ4n) is 4.50. The number of likely N-dealkylation sites (tertiary alicyclic amines) is 1. The average molecular weight is 512 g/mol. The van der Waals surface area contributed by atoms with E-state index in [2.05, 4.69) is 64.7 Å². The number of nitrogens with zero attached hydrogens (tertiary/aromatic N) is 3. The molecule has 2 aromatic rings. The largest absolute Gasteiger partial charge is 0.493 e. The van der Waals surface area contributed by atoms with Gasteiger partial charge in [0, 0.05) is 24.7 Å². The van der Waals surface area contributed by atoms with Crippen LogP contribution in [0.4, 0.5) is 0 Å². The van der Waals surface area contributed by atoms with Crippen molar-refractivity contribution in [2.45, 2.75) is 58.0 Å². The zero-order chi connectivity index (χ0) is 22.2. The summed E-state index contributed by atoms with van der Waals surface area (Å²) in [5.74, 6) is 2.23. The van der Waals surface area contributed by atoms with Crippen LogP contribution in [0.2, 0.25) is 0 Å². The summed E-state index contributed by atoms with van der Waals surface area (Å²) in [6.07, 6.45) is 7.86. The third-order valence-corrected chi connectivity index (χ3v) is 6.68. The van der Waals surface area contributed by atoms with Gasteiger partial charge in [0.15, 0.2) is 0 Å². The highest BCUT2D eigenvalue weighted by atomic mass is 35.5. The molecule has 1 N–H and O–H groups in total.